The van der Waals surface area contributed by atoms with E-state index in [1.165, 1.54) is 18.7 Å². The Labute approximate surface area is 159 Å². The van der Waals surface area contributed by atoms with Gasteiger partial charge in [0.2, 0.25) is 11.8 Å². The van der Waals surface area contributed by atoms with Crippen LogP contribution in [0.15, 0.2) is 24.3 Å². The minimum atomic E-state index is -5.10. The molecule has 0 aliphatic carbocycles. The number of nitrogens with zero attached hydrogens (tertiary/aromatic N) is 1. The molecule has 1 aromatic rings. The van der Waals surface area contributed by atoms with Crippen molar-refractivity contribution in [3.63, 3.8) is 0 Å². The number of rotatable bonds is 5. The van der Waals surface area contributed by atoms with Crippen LogP contribution in [0.4, 0.5) is 18.9 Å². The van der Waals surface area contributed by atoms with E-state index in [1.807, 2.05) is 0 Å². The number of anilines is 1. The summed E-state index contributed by atoms with van der Waals surface area (Å²) in [5.41, 5.74) is 0.492. The Kier molecular flexibility index (Phi) is 6.35. The summed E-state index contributed by atoms with van der Waals surface area (Å²) in [4.78, 5) is 37.5. The molecule has 1 aromatic carbocycles. The molecule has 1 aliphatic rings. The molecule has 2 atom stereocenters. The van der Waals surface area contributed by atoms with Crippen LogP contribution in [-0.2, 0) is 14.4 Å². The first-order valence-electron chi connectivity index (χ1n) is 8.26. The topological polar surface area (TPSA) is 78.5 Å². The van der Waals surface area contributed by atoms with Gasteiger partial charge < -0.3 is 15.5 Å². The largest absolute Gasteiger partial charge is 0.471 e. The number of nitrogens with one attached hydrogen (secondary N) is 2. The van der Waals surface area contributed by atoms with Crippen molar-refractivity contribution in [2.24, 2.45) is 5.92 Å². The van der Waals surface area contributed by atoms with E-state index < -0.39 is 41.9 Å². The van der Waals surface area contributed by atoms with E-state index >= 15 is 0 Å². The van der Waals surface area contributed by atoms with Gasteiger partial charge in [0.25, 0.3) is 0 Å². The maximum atomic E-state index is 12.6. The Hall–Kier alpha value is -2.29. The van der Waals surface area contributed by atoms with Crippen LogP contribution in [0.25, 0.3) is 0 Å². The quantitative estimate of drug-likeness (QED) is 0.788. The molecule has 10 heteroatoms. The van der Waals surface area contributed by atoms with Crippen molar-refractivity contribution < 1.29 is 27.6 Å². The first-order chi connectivity index (χ1) is 12.5. The predicted octanol–water partition coefficient (Wildman–Crippen LogP) is 2.26. The zero-order valence-corrected chi connectivity index (χ0v) is 15.4. The summed E-state index contributed by atoms with van der Waals surface area (Å²) in [6.45, 7) is 3.29. The summed E-state index contributed by atoms with van der Waals surface area (Å²) in [7, 11) is 0. The fraction of sp³-hybridized carbons (Fsp3) is 0.471. The van der Waals surface area contributed by atoms with Crippen molar-refractivity contribution in [3.05, 3.63) is 29.3 Å². The summed E-state index contributed by atoms with van der Waals surface area (Å²) in [5.74, 6) is -4.07. The Morgan fingerprint density at radius 2 is 1.89 bits per heavy atom. The Bertz CT molecular complexity index is 740. The van der Waals surface area contributed by atoms with Crippen molar-refractivity contribution in [1.82, 2.24) is 10.6 Å². The van der Waals surface area contributed by atoms with Crippen LogP contribution in [0.2, 0.25) is 5.02 Å². The molecule has 6 nitrogen and oxygen atoms in total. The number of para-hydroxylation sites is 1. The number of hydrogen-bond donors (Lipinski definition) is 2. The molecule has 27 heavy (non-hydrogen) atoms. The van der Waals surface area contributed by atoms with Crippen LogP contribution < -0.4 is 15.5 Å². The number of carbonyl (C=O) groups is 3. The molecule has 1 saturated heterocycles. The average molecular weight is 406 g/mol. The van der Waals surface area contributed by atoms with E-state index in [4.69, 9.17) is 11.6 Å². The van der Waals surface area contributed by atoms with E-state index in [-0.39, 0.29) is 6.42 Å². The Balaban J connectivity index is 2.07. The van der Waals surface area contributed by atoms with Crippen LogP contribution in [-0.4, -0.2) is 42.5 Å². The first kappa shape index (κ1) is 21.0. The molecular weight excluding hydrogens is 387 g/mol. The fourth-order valence-corrected chi connectivity index (χ4v) is 2.98. The van der Waals surface area contributed by atoms with Gasteiger partial charge in [0.05, 0.1) is 10.7 Å². The van der Waals surface area contributed by atoms with Crippen LogP contribution in [0.5, 0.6) is 0 Å². The zero-order valence-electron chi connectivity index (χ0n) is 14.6. The number of hydrogen-bond acceptors (Lipinski definition) is 3. The monoisotopic (exact) mass is 405 g/mol. The molecule has 1 heterocycles. The van der Waals surface area contributed by atoms with Gasteiger partial charge in [-0.2, -0.15) is 13.2 Å². The lowest BCUT2D eigenvalue weighted by molar-refractivity contribution is -0.175. The molecular formula is C17H19ClF3N3O3. The first-order valence-corrected chi connectivity index (χ1v) is 8.64. The summed E-state index contributed by atoms with van der Waals surface area (Å²) in [6, 6.07) is 4.38. The van der Waals surface area contributed by atoms with E-state index in [9.17, 15) is 27.6 Å². The van der Waals surface area contributed by atoms with Crippen LogP contribution in [0, 0.1) is 5.92 Å². The average Bonchev–Trinajstić information content (AvgIpc) is 2.92. The highest BCUT2D eigenvalue weighted by molar-refractivity contribution is 6.34. The third-order valence-corrected chi connectivity index (χ3v) is 4.48. The zero-order chi connectivity index (χ0) is 20.4. The Morgan fingerprint density at radius 3 is 2.44 bits per heavy atom. The molecule has 0 aromatic heterocycles. The minimum Gasteiger partial charge on any atom is -0.342 e. The molecule has 0 unspecified atom stereocenters. The lowest BCUT2D eigenvalue weighted by Gasteiger charge is -2.24. The standard InChI is InChI=1S/C17H19ClF3N3O3/c1-9(2)13(23-16(27)17(19,20)21)14(25)22-11-7-8-24(15(11)26)12-6-4-3-5-10(12)18/h3-6,9,11,13H,7-8H2,1-2H3,(H,22,25)(H,23,27)/t11-,13-/m0/s1. The molecule has 0 spiro atoms. The van der Waals surface area contributed by atoms with E-state index in [0.717, 1.165) is 0 Å². The number of amides is 3. The van der Waals surface area contributed by atoms with E-state index in [1.54, 1.807) is 29.6 Å². The number of benzene rings is 1. The van der Waals surface area contributed by atoms with Crippen LogP contribution in [0.3, 0.4) is 0 Å². The molecule has 1 fully saturated rings. The lowest BCUT2D eigenvalue weighted by Crippen LogP contribution is -2.55. The van der Waals surface area contributed by atoms with Gasteiger partial charge in [0.1, 0.15) is 12.1 Å². The molecule has 0 bridgehead atoms. The maximum absolute atomic E-state index is 12.6. The van der Waals surface area contributed by atoms with E-state index in [2.05, 4.69) is 5.32 Å². The second-order valence-corrected chi connectivity index (χ2v) is 6.89. The summed E-state index contributed by atoms with van der Waals surface area (Å²) < 4.78 is 37.4. The summed E-state index contributed by atoms with van der Waals surface area (Å²) in [6.07, 6.45) is -4.83. The van der Waals surface area contributed by atoms with Crippen molar-refractivity contribution in [3.8, 4) is 0 Å². The number of carbonyl (C=O) groups excluding carboxylic acids is 3. The van der Waals surface area contributed by atoms with Crippen molar-refractivity contribution in [2.45, 2.75) is 38.5 Å². The molecule has 0 radical (unpaired) electrons. The van der Waals surface area contributed by atoms with Crippen molar-refractivity contribution >= 4 is 35.0 Å². The highest BCUT2D eigenvalue weighted by atomic mass is 35.5. The van der Waals surface area contributed by atoms with Gasteiger partial charge in [-0.25, -0.2) is 0 Å². The minimum absolute atomic E-state index is 0.272. The van der Waals surface area contributed by atoms with E-state index in [0.29, 0.717) is 17.3 Å². The number of alkyl halides is 3. The highest BCUT2D eigenvalue weighted by Crippen LogP contribution is 2.29. The predicted molar refractivity (Wildman–Crippen MR) is 93.2 cm³/mol. The molecule has 2 rings (SSSR count). The van der Waals surface area contributed by atoms with Gasteiger partial charge in [-0.05, 0) is 24.5 Å². The normalized spacial score (nSPS) is 18.6. The second kappa shape index (κ2) is 8.16. The van der Waals surface area contributed by atoms with Crippen molar-refractivity contribution in [1.29, 1.82) is 0 Å². The van der Waals surface area contributed by atoms with Gasteiger partial charge in [0, 0.05) is 6.54 Å². The lowest BCUT2D eigenvalue weighted by atomic mass is 10.0. The van der Waals surface area contributed by atoms with Gasteiger partial charge in [0.15, 0.2) is 0 Å². The third-order valence-electron chi connectivity index (χ3n) is 4.16. The third kappa shape index (κ3) is 4.91. The summed E-state index contributed by atoms with van der Waals surface area (Å²) in [5, 5.41) is 4.48. The SMILES string of the molecule is CC(C)[C@H](NC(=O)C(F)(F)F)C(=O)N[C@H]1CCN(c2ccccc2Cl)C1=O. The van der Waals surface area contributed by atoms with Gasteiger partial charge in [-0.3, -0.25) is 14.4 Å². The van der Waals surface area contributed by atoms with Crippen molar-refractivity contribution in [2.75, 3.05) is 11.4 Å². The van der Waals surface area contributed by atoms with Gasteiger partial charge in [-0.1, -0.05) is 37.6 Å². The molecule has 1 aliphatic heterocycles. The maximum Gasteiger partial charge on any atom is 0.471 e. The molecule has 148 valence electrons. The molecule has 3 amide bonds. The second-order valence-electron chi connectivity index (χ2n) is 6.48. The van der Waals surface area contributed by atoms with Gasteiger partial charge >= 0.3 is 12.1 Å². The fourth-order valence-electron chi connectivity index (χ4n) is 2.74. The van der Waals surface area contributed by atoms with Gasteiger partial charge in [-0.15, -0.1) is 0 Å². The smallest absolute Gasteiger partial charge is 0.342 e. The summed E-state index contributed by atoms with van der Waals surface area (Å²) >= 11 is 6.08. The van der Waals surface area contributed by atoms with Crippen LogP contribution >= 0.6 is 11.6 Å². The number of halogens is 4. The molecule has 0 saturated carbocycles. The van der Waals surface area contributed by atoms with Crippen LogP contribution in [0.1, 0.15) is 20.3 Å². The Morgan fingerprint density at radius 1 is 1.26 bits per heavy atom. The molecule has 2 N–H and O–H groups in total. The highest BCUT2D eigenvalue weighted by Gasteiger charge is 2.42.